The largest absolute Gasteiger partial charge is 0.505 e. The van der Waals surface area contributed by atoms with Crippen LogP contribution in [0.1, 0.15) is 27.2 Å². The molecule has 4 nitrogen and oxygen atoms in total. The van der Waals surface area contributed by atoms with Crippen LogP contribution in [0.2, 0.25) is 0 Å². The summed E-state index contributed by atoms with van der Waals surface area (Å²) >= 11 is 0. The Morgan fingerprint density at radius 3 is 2.74 bits per heavy atom. The fourth-order valence-electron chi connectivity index (χ4n) is 1.94. The molecular formula is C15H15NO3. The smallest absolute Gasteiger partial charge is 0.339 e. The number of aromatic carboxylic acids is 1. The highest BCUT2D eigenvalue weighted by atomic mass is 16.4. The van der Waals surface area contributed by atoms with E-state index in [9.17, 15) is 9.90 Å². The SMILES string of the molecule is Cc1cccc(CCc2cc(C(=O)O)c(O)cn2)c1. The summed E-state index contributed by atoms with van der Waals surface area (Å²) in [5.74, 6) is -1.44. The van der Waals surface area contributed by atoms with Crippen LogP contribution in [0.5, 0.6) is 5.75 Å². The number of aryl methyl sites for hydroxylation is 3. The van der Waals surface area contributed by atoms with Gasteiger partial charge < -0.3 is 10.2 Å². The van der Waals surface area contributed by atoms with Crippen molar-refractivity contribution in [3.05, 3.63) is 58.9 Å². The highest BCUT2D eigenvalue weighted by Gasteiger charge is 2.11. The zero-order chi connectivity index (χ0) is 13.8. The summed E-state index contributed by atoms with van der Waals surface area (Å²) in [6, 6.07) is 9.58. The Labute approximate surface area is 111 Å². The first-order valence-corrected chi connectivity index (χ1v) is 6.03. The maximum absolute atomic E-state index is 10.9. The van der Waals surface area contributed by atoms with E-state index in [-0.39, 0.29) is 11.3 Å². The second-order valence-electron chi connectivity index (χ2n) is 4.49. The minimum atomic E-state index is -1.14. The quantitative estimate of drug-likeness (QED) is 0.883. The number of aromatic nitrogens is 1. The molecule has 1 aromatic heterocycles. The van der Waals surface area contributed by atoms with Gasteiger partial charge in [0.05, 0.1) is 6.20 Å². The molecule has 0 saturated heterocycles. The second-order valence-corrected chi connectivity index (χ2v) is 4.49. The van der Waals surface area contributed by atoms with Gasteiger partial charge in [0.15, 0.2) is 0 Å². The molecule has 1 aromatic carbocycles. The van der Waals surface area contributed by atoms with Crippen molar-refractivity contribution < 1.29 is 15.0 Å². The normalized spacial score (nSPS) is 10.4. The molecule has 4 heteroatoms. The first-order valence-electron chi connectivity index (χ1n) is 6.03. The van der Waals surface area contributed by atoms with Gasteiger partial charge in [-0.05, 0) is 31.4 Å². The zero-order valence-electron chi connectivity index (χ0n) is 10.6. The Hall–Kier alpha value is -2.36. The molecular weight excluding hydrogens is 242 g/mol. The number of pyridine rings is 1. The van der Waals surface area contributed by atoms with E-state index in [2.05, 4.69) is 11.1 Å². The Balaban J connectivity index is 2.12. The van der Waals surface area contributed by atoms with E-state index in [1.807, 2.05) is 25.1 Å². The molecule has 98 valence electrons. The summed E-state index contributed by atoms with van der Waals surface area (Å²) in [6.07, 6.45) is 2.62. The van der Waals surface area contributed by atoms with Crippen molar-refractivity contribution >= 4 is 5.97 Å². The van der Waals surface area contributed by atoms with Crippen LogP contribution < -0.4 is 0 Å². The molecule has 0 saturated carbocycles. The molecule has 1 heterocycles. The predicted octanol–water partition coefficient (Wildman–Crippen LogP) is 2.58. The third-order valence-electron chi connectivity index (χ3n) is 2.92. The lowest BCUT2D eigenvalue weighted by Gasteiger charge is -2.05. The standard InChI is InChI=1S/C15H15NO3/c1-10-3-2-4-11(7-10)5-6-12-8-13(15(18)19)14(17)9-16-12/h2-4,7-9,17H,5-6H2,1H3,(H,18,19). The Morgan fingerprint density at radius 2 is 2.05 bits per heavy atom. The van der Waals surface area contributed by atoms with Gasteiger partial charge in [-0.2, -0.15) is 0 Å². The van der Waals surface area contributed by atoms with E-state index in [1.165, 1.54) is 23.4 Å². The molecule has 19 heavy (non-hydrogen) atoms. The Bertz CT molecular complexity index is 608. The Morgan fingerprint density at radius 1 is 1.26 bits per heavy atom. The molecule has 2 rings (SSSR count). The van der Waals surface area contributed by atoms with Crippen molar-refractivity contribution in [1.29, 1.82) is 0 Å². The zero-order valence-corrected chi connectivity index (χ0v) is 10.6. The second kappa shape index (κ2) is 5.52. The lowest BCUT2D eigenvalue weighted by atomic mass is 10.0. The van der Waals surface area contributed by atoms with Crippen molar-refractivity contribution in [2.24, 2.45) is 0 Å². The molecule has 0 radical (unpaired) electrons. The van der Waals surface area contributed by atoms with E-state index in [0.29, 0.717) is 12.1 Å². The number of carboxylic acids is 1. The topological polar surface area (TPSA) is 70.4 Å². The molecule has 2 aromatic rings. The van der Waals surface area contributed by atoms with Gasteiger partial charge in [0.25, 0.3) is 0 Å². The van der Waals surface area contributed by atoms with Crippen LogP contribution in [0.3, 0.4) is 0 Å². The monoisotopic (exact) mass is 257 g/mol. The lowest BCUT2D eigenvalue weighted by molar-refractivity contribution is 0.0693. The minimum Gasteiger partial charge on any atom is -0.505 e. The highest BCUT2D eigenvalue weighted by Crippen LogP contribution is 2.17. The lowest BCUT2D eigenvalue weighted by Crippen LogP contribution is -2.01. The molecule has 0 fully saturated rings. The average molecular weight is 257 g/mol. The van der Waals surface area contributed by atoms with Gasteiger partial charge in [0, 0.05) is 5.69 Å². The van der Waals surface area contributed by atoms with Gasteiger partial charge >= 0.3 is 5.97 Å². The van der Waals surface area contributed by atoms with Crippen LogP contribution >= 0.6 is 0 Å². The van der Waals surface area contributed by atoms with Gasteiger partial charge in [-0.25, -0.2) is 4.79 Å². The summed E-state index contributed by atoms with van der Waals surface area (Å²) in [6.45, 7) is 2.03. The summed E-state index contributed by atoms with van der Waals surface area (Å²) in [5, 5.41) is 18.3. The number of carboxylic acid groups (broad SMARTS) is 1. The molecule has 0 atom stereocenters. The van der Waals surface area contributed by atoms with Crippen molar-refractivity contribution in [1.82, 2.24) is 4.98 Å². The molecule has 0 aliphatic heterocycles. The first kappa shape index (κ1) is 13.1. The number of aromatic hydroxyl groups is 1. The average Bonchev–Trinajstić information content (AvgIpc) is 2.37. The van der Waals surface area contributed by atoms with Crippen LogP contribution in [0.15, 0.2) is 36.5 Å². The number of nitrogens with zero attached hydrogens (tertiary/aromatic N) is 1. The molecule has 2 N–H and O–H groups in total. The molecule has 0 bridgehead atoms. The summed E-state index contributed by atoms with van der Waals surface area (Å²) in [7, 11) is 0. The van der Waals surface area contributed by atoms with Crippen molar-refractivity contribution in [3.63, 3.8) is 0 Å². The molecule has 0 aliphatic rings. The van der Waals surface area contributed by atoms with E-state index < -0.39 is 5.97 Å². The van der Waals surface area contributed by atoms with Crippen LogP contribution in [-0.2, 0) is 12.8 Å². The van der Waals surface area contributed by atoms with Gasteiger partial charge in [0.2, 0.25) is 0 Å². The fraction of sp³-hybridized carbons (Fsp3) is 0.200. The third-order valence-corrected chi connectivity index (χ3v) is 2.92. The van der Waals surface area contributed by atoms with Gasteiger partial charge in [-0.3, -0.25) is 4.98 Å². The summed E-state index contributed by atoms with van der Waals surface area (Å²) < 4.78 is 0. The van der Waals surface area contributed by atoms with Crippen molar-refractivity contribution in [2.45, 2.75) is 19.8 Å². The van der Waals surface area contributed by atoms with Crippen LogP contribution in [-0.4, -0.2) is 21.2 Å². The number of benzene rings is 1. The van der Waals surface area contributed by atoms with E-state index >= 15 is 0 Å². The third kappa shape index (κ3) is 3.31. The number of hydrogen-bond donors (Lipinski definition) is 2. The predicted molar refractivity (Wildman–Crippen MR) is 71.4 cm³/mol. The molecule has 0 unspecified atom stereocenters. The summed E-state index contributed by atoms with van der Waals surface area (Å²) in [4.78, 5) is 15.0. The number of carbonyl (C=O) groups is 1. The van der Waals surface area contributed by atoms with E-state index in [0.717, 1.165) is 6.42 Å². The summed E-state index contributed by atoms with van der Waals surface area (Å²) in [5.41, 5.74) is 2.94. The first-order chi connectivity index (χ1) is 9.06. The van der Waals surface area contributed by atoms with Crippen LogP contribution in [0, 0.1) is 6.92 Å². The molecule has 0 spiro atoms. The number of hydrogen-bond acceptors (Lipinski definition) is 3. The van der Waals surface area contributed by atoms with Gasteiger partial charge in [-0.15, -0.1) is 0 Å². The Kier molecular flexibility index (Phi) is 3.80. The minimum absolute atomic E-state index is 0.103. The van der Waals surface area contributed by atoms with Gasteiger partial charge in [-0.1, -0.05) is 29.8 Å². The maximum atomic E-state index is 10.9. The molecule has 0 amide bonds. The van der Waals surface area contributed by atoms with Crippen LogP contribution in [0.25, 0.3) is 0 Å². The van der Waals surface area contributed by atoms with E-state index in [4.69, 9.17) is 5.11 Å². The fourth-order valence-corrected chi connectivity index (χ4v) is 1.94. The molecule has 0 aliphatic carbocycles. The maximum Gasteiger partial charge on any atom is 0.339 e. The van der Waals surface area contributed by atoms with Crippen LogP contribution in [0.4, 0.5) is 0 Å². The highest BCUT2D eigenvalue weighted by molar-refractivity contribution is 5.90. The van der Waals surface area contributed by atoms with Gasteiger partial charge in [0.1, 0.15) is 11.3 Å². The van der Waals surface area contributed by atoms with Crippen molar-refractivity contribution in [3.8, 4) is 5.75 Å². The van der Waals surface area contributed by atoms with E-state index in [1.54, 1.807) is 0 Å². The number of rotatable bonds is 4. The van der Waals surface area contributed by atoms with Crippen molar-refractivity contribution in [2.75, 3.05) is 0 Å².